The van der Waals surface area contributed by atoms with Crippen molar-refractivity contribution in [3.63, 3.8) is 0 Å². The van der Waals surface area contributed by atoms with Gasteiger partial charge in [0, 0.05) is 0 Å². The van der Waals surface area contributed by atoms with Gasteiger partial charge < -0.3 is 0 Å². The molecule has 0 nitrogen and oxygen atoms in total. The molecule has 0 amide bonds. The van der Waals surface area contributed by atoms with E-state index in [0.717, 1.165) is 47.3 Å². The Balaban J connectivity index is 1.50. The lowest BCUT2D eigenvalue weighted by atomic mass is 9.60. The molecular weight excluding hydrogens is 204 g/mol. The van der Waals surface area contributed by atoms with E-state index in [-0.39, 0.29) is 0 Å². The summed E-state index contributed by atoms with van der Waals surface area (Å²) in [5.41, 5.74) is 0. The summed E-state index contributed by atoms with van der Waals surface area (Å²) in [6, 6.07) is 0. The molecule has 0 heterocycles. The smallest absolute Gasteiger partial charge is 0.0326 e. The molecule has 0 radical (unpaired) electrons. The molecule has 96 valence electrons. The molecule has 8 unspecified atom stereocenters. The largest absolute Gasteiger partial charge is 0.0622 e. The van der Waals surface area contributed by atoms with Gasteiger partial charge in [0.2, 0.25) is 0 Å². The van der Waals surface area contributed by atoms with Gasteiger partial charge in [0.05, 0.1) is 0 Å². The van der Waals surface area contributed by atoms with Crippen LogP contribution in [0.2, 0.25) is 0 Å². The van der Waals surface area contributed by atoms with Crippen LogP contribution in [0.1, 0.15) is 58.8 Å². The van der Waals surface area contributed by atoms with Crippen molar-refractivity contribution >= 4 is 0 Å². The van der Waals surface area contributed by atoms with Crippen LogP contribution in [0, 0.1) is 47.3 Å². The standard InChI is InChI=1S/C17H28/c1-10-9-16(10)14-6-7-15(14)17-11(2)8-12-4-3-5-13(12)17/h10-17H,3-9H2,1-2H3. The van der Waals surface area contributed by atoms with Gasteiger partial charge in [-0.25, -0.2) is 0 Å². The predicted molar refractivity (Wildman–Crippen MR) is 71.6 cm³/mol. The van der Waals surface area contributed by atoms with E-state index in [4.69, 9.17) is 0 Å². The Bertz CT molecular complexity index is 307. The topological polar surface area (TPSA) is 0 Å². The maximum Gasteiger partial charge on any atom is -0.0326 e. The summed E-state index contributed by atoms with van der Waals surface area (Å²) >= 11 is 0. The third kappa shape index (κ3) is 1.55. The van der Waals surface area contributed by atoms with E-state index in [2.05, 4.69) is 13.8 Å². The summed E-state index contributed by atoms with van der Waals surface area (Å²) in [5, 5.41) is 0. The van der Waals surface area contributed by atoms with Gasteiger partial charge in [-0.15, -0.1) is 0 Å². The van der Waals surface area contributed by atoms with Gasteiger partial charge in [-0.2, -0.15) is 0 Å². The lowest BCUT2D eigenvalue weighted by Gasteiger charge is -2.45. The van der Waals surface area contributed by atoms with Crippen molar-refractivity contribution in [2.75, 3.05) is 0 Å². The van der Waals surface area contributed by atoms with E-state index in [0.29, 0.717) is 0 Å². The molecule has 8 atom stereocenters. The zero-order valence-corrected chi connectivity index (χ0v) is 11.6. The van der Waals surface area contributed by atoms with Crippen LogP contribution < -0.4 is 0 Å². The maximum atomic E-state index is 2.58. The fourth-order valence-electron chi connectivity index (χ4n) is 6.17. The van der Waals surface area contributed by atoms with Crippen molar-refractivity contribution in [1.82, 2.24) is 0 Å². The average Bonchev–Trinajstić information content (AvgIpc) is 2.70. The van der Waals surface area contributed by atoms with E-state index in [9.17, 15) is 0 Å². The van der Waals surface area contributed by atoms with Crippen LogP contribution in [-0.2, 0) is 0 Å². The minimum Gasteiger partial charge on any atom is -0.0622 e. The molecule has 0 aromatic rings. The Morgan fingerprint density at radius 1 is 0.647 bits per heavy atom. The highest BCUT2D eigenvalue weighted by atomic mass is 14.6. The zero-order valence-electron chi connectivity index (χ0n) is 11.6. The van der Waals surface area contributed by atoms with E-state index in [1.54, 1.807) is 44.9 Å². The molecule has 0 bridgehead atoms. The van der Waals surface area contributed by atoms with Crippen LogP contribution in [0.5, 0.6) is 0 Å². The first kappa shape index (κ1) is 10.9. The highest BCUT2D eigenvalue weighted by Gasteiger charge is 2.54. The molecule has 0 N–H and O–H groups in total. The van der Waals surface area contributed by atoms with Gasteiger partial charge in [-0.05, 0) is 79.4 Å². The molecule has 0 aromatic carbocycles. The van der Waals surface area contributed by atoms with Crippen LogP contribution in [-0.4, -0.2) is 0 Å². The van der Waals surface area contributed by atoms with Crippen molar-refractivity contribution in [2.45, 2.75) is 58.8 Å². The Kier molecular flexibility index (Phi) is 2.40. The van der Waals surface area contributed by atoms with Gasteiger partial charge in [0.1, 0.15) is 0 Å². The van der Waals surface area contributed by atoms with E-state index < -0.39 is 0 Å². The summed E-state index contributed by atoms with van der Waals surface area (Å²) in [6.45, 7) is 5.06. The van der Waals surface area contributed by atoms with Crippen LogP contribution in [0.3, 0.4) is 0 Å². The predicted octanol–water partition coefficient (Wildman–Crippen LogP) is 4.74. The van der Waals surface area contributed by atoms with Crippen LogP contribution in [0.15, 0.2) is 0 Å². The van der Waals surface area contributed by atoms with Crippen LogP contribution in [0.25, 0.3) is 0 Å². The second kappa shape index (κ2) is 3.75. The summed E-state index contributed by atoms with van der Waals surface area (Å²) in [4.78, 5) is 0. The lowest BCUT2D eigenvalue weighted by molar-refractivity contribution is 0.0389. The molecule has 0 spiro atoms. The number of fused-ring (bicyclic) bond motifs is 1. The number of rotatable bonds is 2. The lowest BCUT2D eigenvalue weighted by Crippen LogP contribution is -2.38. The molecular formula is C17H28. The second-order valence-electron chi connectivity index (χ2n) is 7.93. The third-order valence-corrected chi connectivity index (χ3v) is 7.14. The highest BCUT2D eigenvalue weighted by Crippen LogP contribution is 2.62. The van der Waals surface area contributed by atoms with E-state index in [1.165, 1.54) is 0 Å². The molecule has 0 aromatic heterocycles. The average molecular weight is 232 g/mol. The fraction of sp³-hybridized carbons (Fsp3) is 1.00. The van der Waals surface area contributed by atoms with E-state index >= 15 is 0 Å². The molecule has 0 heteroatoms. The molecule has 4 fully saturated rings. The summed E-state index contributed by atoms with van der Waals surface area (Å²) < 4.78 is 0. The van der Waals surface area contributed by atoms with Crippen molar-refractivity contribution < 1.29 is 0 Å². The molecule has 4 saturated carbocycles. The molecule has 4 rings (SSSR count). The first-order valence-corrected chi connectivity index (χ1v) is 8.25. The Morgan fingerprint density at radius 3 is 2.06 bits per heavy atom. The van der Waals surface area contributed by atoms with Crippen molar-refractivity contribution in [1.29, 1.82) is 0 Å². The molecule has 4 aliphatic carbocycles. The zero-order chi connectivity index (χ0) is 11.6. The SMILES string of the molecule is CC1CC1C1CCC1C1C(C)CC2CCCC21. The minimum absolute atomic E-state index is 1.06. The van der Waals surface area contributed by atoms with Gasteiger partial charge in [0.15, 0.2) is 0 Å². The van der Waals surface area contributed by atoms with Crippen molar-refractivity contribution in [3.8, 4) is 0 Å². The summed E-state index contributed by atoms with van der Waals surface area (Å²) in [7, 11) is 0. The maximum absolute atomic E-state index is 2.58. The number of hydrogen-bond donors (Lipinski definition) is 0. The van der Waals surface area contributed by atoms with Gasteiger partial charge >= 0.3 is 0 Å². The Labute approximate surface area is 107 Å². The first-order chi connectivity index (χ1) is 8.25. The van der Waals surface area contributed by atoms with Gasteiger partial charge in [-0.1, -0.05) is 26.7 Å². The first-order valence-electron chi connectivity index (χ1n) is 8.25. The normalized spacial score (nSPS) is 61.1. The molecule has 17 heavy (non-hydrogen) atoms. The fourth-order valence-corrected chi connectivity index (χ4v) is 6.17. The quantitative estimate of drug-likeness (QED) is 0.645. The Morgan fingerprint density at radius 2 is 1.41 bits per heavy atom. The molecule has 0 aliphatic heterocycles. The molecule has 0 saturated heterocycles. The molecule has 4 aliphatic rings. The number of hydrogen-bond acceptors (Lipinski definition) is 0. The van der Waals surface area contributed by atoms with Crippen molar-refractivity contribution in [3.05, 3.63) is 0 Å². The summed E-state index contributed by atoms with van der Waals surface area (Å²) in [5.74, 6) is 9.08. The monoisotopic (exact) mass is 232 g/mol. The van der Waals surface area contributed by atoms with Crippen LogP contribution >= 0.6 is 0 Å². The Hall–Kier alpha value is 0. The van der Waals surface area contributed by atoms with Gasteiger partial charge in [-0.3, -0.25) is 0 Å². The van der Waals surface area contributed by atoms with Gasteiger partial charge in [0.25, 0.3) is 0 Å². The van der Waals surface area contributed by atoms with Crippen LogP contribution in [0.4, 0.5) is 0 Å². The van der Waals surface area contributed by atoms with E-state index in [1.807, 2.05) is 0 Å². The summed E-state index contributed by atoms with van der Waals surface area (Å²) in [6.07, 6.45) is 11.0. The third-order valence-electron chi connectivity index (χ3n) is 7.14. The van der Waals surface area contributed by atoms with Crippen molar-refractivity contribution in [2.24, 2.45) is 47.3 Å². The second-order valence-corrected chi connectivity index (χ2v) is 7.93. The highest BCUT2D eigenvalue weighted by molar-refractivity contribution is 5.04. The minimum atomic E-state index is 1.06.